The zero-order chi connectivity index (χ0) is 13.4. The molecule has 1 aromatic heterocycles. The number of nitrogens with zero attached hydrogens (tertiary/aromatic N) is 2. The molecule has 1 amide bonds. The molecule has 4 unspecified atom stereocenters. The van der Waals surface area contributed by atoms with Crippen molar-refractivity contribution in [1.29, 1.82) is 0 Å². The number of amides is 1. The Labute approximate surface area is 113 Å². The van der Waals surface area contributed by atoms with Crippen LogP contribution in [0.1, 0.15) is 43.1 Å². The van der Waals surface area contributed by atoms with E-state index < -0.39 is 5.91 Å². The van der Waals surface area contributed by atoms with Gasteiger partial charge >= 0.3 is 0 Å². The summed E-state index contributed by atoms with van der Waals surface area (Å²) in [5, 5.41) is 3.38. The zero-order valence-electron chi connectivity index (χ0n) is 11.2. The molecule has 0 spiro atoms. The van der Waals surface area contributed by atoms with Crippen LogP contribution in [0, 0.1) is 17.8 Å². The molecule has 0 aliphatic heterocycles. The highest BCUT2D eigenvalue weighted by molar-refractivity contribution is 5.90. The summed E-state index contributed by atoms with van der Waals surface area (Å²) in [6.45, 7) is 2.20. The molecule has 1 aromatic rings. The van der Waals surface area contributed by atoms with E-state index in [0.717, 1.165) is 17.8 Å². The summed E-state index contributed by atoms with van der Waals surface area (Å²) in [6.07, 6.45) is 8.54. The smallest absolute Gasteiger partial charge is 0.268 e. The van der Waals surface area contributed by atoms with Crippen molar-refractivity contribution in [3.63, 3.8) is 0 Å². The van der Waals surface area contributed by atoms with Crippen LogP contribution in [-0.2, 0) is 0 Å². The van der Waals surface area contributed by atoms with Gasteiger partial charge in [-0.3, -0.25) is 9.78 Å². The van der Waals surface area contributed by atoms with Crippen LogP contribution in [0.15, 0.2) is 12.4 Å². The Kier molecular flexibility index (Phi) is 3.12. The highest BCUT2D eigenvalue weighted by Gasteiger charge is 2.41. The Morgan fingerprint density at radius 3 is 2.89 bits per heavy atom. The number of anilines is 1. The summed E-state index contributed by atoms with van der Waals surface area (Å²) in [5.41, 5.74) is 5.43. The number of carbonyl (C=O) groups excluding carboxylic acids is 1. The van der Waals surface area contributed by atoms with Crippen molar-refractivity contribution in [3.05, 3.63) is 18.1 Å². The Morgan fingerprint density at radius 2 is 2.26 bits per heavy atom. The lowest BCUT2D eigenvalue weighted by atomic mass is 9.84. The number of aromatic nitrogens is 2. The molecule has 19 heavy (non-hydrogen) atoms. The van der Waals surface area contributed by atoms with Gasteiger partial charge < -0.3 is 11.1 Å². The van der Waals surface area contributed by atoms with Crippen LogP contribution in [-0.4, -0.2) is 21.9 Å². The third-order valence-corrected chi connectivity index (χ3v) is 4.70. The zero-order valence-corrected chi connectivity index (χ0v) is 11.2. The summed E-state index contributed by atoms with van der Waals surface area (Å²) in [4.78, 5) is 19.3. The van der Waals surface area contributed by atoms with E-state index >= 15 is 0 Å². The number of primary amides is 1. The third-order valence-electron chi connectivity index (χ3n) is 4.70. The van der Waals surface area contributed by atoms with E-state index in [-0.39, 0.29) is 5.69 Å². The van der Waals surface area contributed by atoms with Crippen molar-refractivity contribution in [2.45, 2.75) is 38.6 Å². The fourth-order valence-corrected chi connectivity index (χ4v) is 3.80. The molecule has 4 atom stereocenters. The van der Waals surface area contributed by atoms with Gasteiger partial charge in [0.25, 0.3) is 5.91 Å². The van der Waals surface area contributed by atoms with Crippen molar-refractivity contribution in [1.82, 2.24) is 9.97 Å². The van der Waals surface area contributed by atoms with Gasteiger partial charge in [0.1, 0.15) is 11.5 Å². The molecule has 3 N–H and O–H groups in total. The monoisotopic (exact) mass is 260 g/mol. The summed E-state index contributed by atoms with van der Waals surface area (Å²) in [6, 6.07) is 0.368. The predicted octanol–water partition coefficient (Wildman–Crippen LogP) is 1.81. The Balaban J connectivity index is 1.67. The van der Waals surface area contributed by atoms with Crippen LogP contribution >= 0.6 is 0 Å². The first-order chi connectivity index (χ1) is 9.13. The molecule has 3 rings (SSSR count). The standard InChI is InChI=1S/C14H20N4O/c1-8(11-5-9-2-3-10(11)4-9)17-13-7-16-6-12(18-13)14(15)19/h6-11H,2-5H2,1H3,(H2,15,19)(H,17,18). The van der Waals surface area contributed by atoms with E-state index in [4.69, 9.17) is 5.73 Å². The van der Waals surface area contributed by atoms with E-state index in [1.807, 2.05) is 0 Å². The SMILES string of the molecule is CC(Nc1cncc(C(N)=O)n1)C1CC2CCC1C2. The van der Waals surface area contributed by atoms with Crippen molar-refractivity contribution >= 4 is 11.7 Å². The van der Waals surface area contributed by atoms with E-state index in [0.29, 0.717) is 11.9 Å². The average Bonchev–Trinajstić information content (AvgIpc) is 3.01. The second kappa shape index (κ2) is 4.79. The Bertz CT molecular complexity index is 490. The number of nitrogens with two attached hydrogens (primary N) is 1. The molecule has 0 aromatic carbocycles. The molecule has 2 aliphatic carbocycles. The topological polar surface area (TPSA) is 80.9 Å². The molecule has 5 heteroatoms. The highest BCUT2D eigenvalue weighted by atomic mass is 16.1. The van der Waals surface area contributed by atoms with Gasteiger partial charge in [-0.15, -0.1) is 0 Å². The number of rotatable bonds is 4. The van der Waals surface area contributed by atoms with Crippen molar-refractivity contribution in [2.75, 3.05) is 5.32 Å². The molecule has 2 fully saturated rings. The summed E-state index contributed by atoms with van der Waals surface area (Å²) >= 11 is 0. The van der Waals surface area contributed by atoms with E-state index in [9.17, 15) is 4.79 Å². The molecule has 5 nitrogen and oxygen atoms in total. The largest absolute Gasteiger partial charge is 0.366 e. The first-order valence-electron chi connectivity index (χ1n) is 7.02. The van der Waals surface area contributed by atoms with Gasteiger partial charge in [-0.1, -0.05) is 6.42 Å². The lowest BCUT2D eigenvalue weighted by Crippen LogP contribution is -2.30. The van der Waals surface area contributed by atoms with Gasteiger partial charge in [0.15, 0.2) is 0 Å². The molecule has 0 saturated heterocycles. The number of nitrogens with one attached hydrogen (secondary N) is 1. The molecule has 0 radical (unpaired) electrons. The maximum atomic E-state index is 11.1. The highest BCUT2D eigenvalue weighted by Crippen LogP contribution is 2.49. The fraction of sp³-hybridized carbons (Fsp3) is 0.643. The van der Waals surface area contributed by atoms with Crippen LogP contribution in [0.2, 0.25) is 0 Å². The van der Waals surface area contributed by atoms with Crippen molar-refractivity contribution < 1.29 is 4.79 Å². The molecule has 1 heterocycles. The van der Waals surface area contributed by atoms with Crippen molar-refractivity contribution in [3.8, 4) is 0 Å². The number of fused-ring (bicyclic) bond motifs is 2. The van der Waals surface area contributed by atoms with Gasteiger partial charge in [0.2, 0.25) is 0 Å². The summed E-state index contributed by atoms with van der Waals surface area (Å²) in [7, 11) is 0. The number of hydrogen-bond acceptors (Lipinski definition) is 4. The van der Waals surface area contributed by atoms with Crippen molar-refractivity contribution in [2.24, 2.45) is 23.5 Å². The Morgan fingerprint density at radius 1 is 1.42 bits per heavy atom. The maximum absolute atomic E-state index is 11.1. The van der Waals surface area contributed by atoms with Gasteiger partial charge in [0.05, 0.1) is 12.4 Å². The quantitative estimate of drug-likeness (QED) is 0.865. The minimum atomic E-state index is -0.538. The second-order valence-corrected chi connectivity index (χ2v) is 5.93. The summed E-state index contributed by atoms with van der Waals surface area (Å²) < 4.78 is 0. The second-order valence-electron chi connectivity index (χ2n) is 5.93. The van der Waals surface area contributed by atoms with Gasteiger partial charge in [-0.25, -0.2) is 4.98 Å². The van der Waals surface area contributed by atoms with Crippen LogP contribution in [0.4, 0.5) is 5.82 Å². The first-order valence-corrected chi connectivity index (χ1v) is 7.02. The minimum absolute atomic E-state index is 0.213. The molecule has 102 valence electrons. The predicted molar refractivity (Wildman–Crippen MR) is 72.6 cm³/mol. The Hall–Kier alpha value is -1.65. The minimum Gasteiger partial charge on any atom is -0.366 e. The molecular formula is C14H20N4O. The fourth-order valence-electron chi connectivity index (χ4n) is 3.80. The molecular weight excluding hydrogens is 240 g/mol. The number of carbonyl (C=O) groups is 1. The average molecular weight is 260 g/mol. The van der Waals surface area contributed by atoms with Gasteiger partial charge in [-0.05, 0) is 43.9 Å². The third kappa shape index (κ3) is 2.41. The van der Waals surface area contributed by atoms with Crippen LogP contribution in [0.3, 0.4) is 0 Å². The lowest BCUT2D eigenvalue weighted by Gasteiger charge is -2.28. The van der Waals surface area contributed by atoms with Crippen LogP contribution in [0.5, 0.6) is 0 Å². The summed E-state index contributed by atoms with van der Waals surface area (Å²) in [5.74, 6) is 2.62. The van der Waals surface area contributed by atoms with Crippen LogP contribution < -0.4 is 11.1 Å². The van der Waals surface area contributed by atoms with Gasteiger partial charge in [-0.2, -0.15) is 0 Å². The molecule has 2 bridgehead atoms. The first kappa shape index (κ1) is 12.4. The van der Waals surface area contributed by atoms with Gasteiger partial charge in [0, 0.05) is 6.04 Å². The van der Waals surface area contributed by atoms with E-state index in [1.165, 1.54) is 31.9 Å². The molecule has 2 saturated carbocycles. The number of hydrogen-bond donors (Lipinski definition) is 2. The lowest BCUT2D eigenvalue weighted by molar-refractivity contribution is 0.0995. The molecule has 2 aliphatic rings. The maximum Gasteiger partial charge on any atom is 0.268 e. The van der Waals surface area contributed by atoms with E-state index in [2.05, 4.69) is 22.2 Å². The van der Waals surface area contributed by atoms with Crippen LogP contribution in [0.25, 0.3) is 0 Å². The normalized spacial score (nSPS) is 30.3. The van der Waals surface area contributed by atoms with E-state index in [1.54, 1.807) is 6.20 Å².